The van der Waals surface area contributed by atoms with Crippen LogP contribution in [0, 0.1) is 0 Å². The molecule has 0 bridgehead atoms. The number of amides is 1. The summed E-state index contributed by atoms with van der Waals surface area (Å²) in [6, 6.07) is 2.88. The van der Waals surface area contributed by atoms with Crippen LogP contribution in [0.4, 0.5) is 18.9 Å². The molecule has 0 saturated heterocycles. The van der Waals surface area contributed by atoms with Crippen LogP contribution < -0.4 is 15.8 Å². The van der Waals surface area contributed by atoms with E-state index in [1.165, 1.54) is 23.8 Å². The molecule has 1 aromatic carbocycles. The lowest BCUT2D eigenvalue weighted by atomic mass is 10.1. The third-order valence-electron chi connectivity index (χ3n) is 3.24. The van der Waals surface area contributed by atoms with Crippen molar-refractivity contribution in [2.24, 2.45) is 5.73 Å². The highest BCUT2D eigenvalue weighted by Crippen LogP contribution is 2.35. The fraction of sp³-hybridized carbons (Fsp3) is 0.375. The second kappa shape index (κ2) is 10.5. The zero-order valence-electron chi connectivity index (χ0n) is 14.3. The average molecular weight is 426 g/mol. The van der Waals surface area contributed by atoms with E-state index in [2.05, 4.69) is 10.3 Å². The molecule has 0 spiro atoms. The van der Waals surface area contributed by atoms with Gasteiger partial charge in [-0.2, -0.15) is 13.2 Å². The van der Waals surface area contributed by atoms with Gasteiger partial charge in [-0.1, -0.05) is 0 Å². The molecule has 2 aromatic rings. The minimum Gasteiger partial charge on any atom is -0.489 e. The van der Waals surface area contributed by atoms with Gasteiger partial charge in [0.15, 0.2) is 0 Å². The number of anilines is 1. The highest BCUT2D eigenvalue weighted by atomic mass is 35.5. The fourth-order valence-corrected chi connectivity index (χ4v) is 2.80. The van der Waals surface area contributed by atoms with Crippen molar-refractivity contribution in [1.29, 1.82) is 0 Å². The summed E-state index contributed by atoms with van der Waals surface area (Å²) in [7, 11) is 1.47. The summed E-state index contributed by atoms with van der Waals surface area (Å²) in [6.07, 6.45) is -4.02. The van der Waals surface area contributed by atoms with Crippen LogP contribution in [0.25, 0.3) is 0 Å². The number of methoxy groups -OCH3 is 1. The molecule has 2 rings (SSSR count). The van der Waals surface area contributed by atoms with Gasteiger partial charge in [-0.15, -0.1) is 23.7 Å². The molecule has 0 aliphatic carbocycles. The maximum Gasteiger partial charge on any atom is 0.416 e. The van der Waals surface area contributed by atoms with Crippen LogP contribution >= 0.6 is 23.7 Å². The van der Waals surface area contributed by atoms with Gasteiger partial charge in [-0.3, -0.25) is 4.79 Å². The van der Waals surface area contributed by atoms with Gasteiger partial charge in [0, 0.05) is 18.9 Å². The lowest BCUT2D eigenvalue weighted by molar-refractivity contribution is -0.137. The van der Waals surface area contributed by atoms with E-state index >= 15 is 0 Å². The molecule has 0 aliphatic rings. The molecular weight excluding hydrogens is 407 g/mol. The Bertz CT molecular complexity index is 756. The summed E-state index contributed by atoms with van der Waals surface area (Å²) in [6.45, 7) is 0.769. The number of carbonyl (C=O) groups excluding carboxylic acids is 1. The van der Waals surface area contributed by atoms with E-state index in [0.717, 1.165) is 18.2 Å². The number of aromatic nitrogens is 1. The van der Waals surface area contributed by atoms with Gasteiger partial charge in [0.25, 0.3) is 5.91 Å². The van der Waals surface area contributed by atoms with E-state index in [-0.39, 0.29) is 42.8 Å². The number of rotatable bonds is 8. The summed E-state index contributed by atoms with van der Waals surface area (Å²) in [5, 5.41) is 4.64. The normalized spacial score (nSPS) is 11.0. The topological polar surface area (TPSA) is 86.5 Å². The summed E-state index contributed by atoms with van der Waals surface area (Å²) in [5.74, 6) is -0.513. The van der Waals surface area contributed by atoms with E-state index < -0.39 is 17.6 Å². The number of carbonyl (C=O) groups is 1. The van der Waals surface area contributed by atoms with Gasteiger partial charge in [0.05, 0.1) is 22.9 Å². The standard InChI is InChI=1S/C16H18F3N3O3S.ClH/c1-24-6-7-25-13-3-2-10(16(17,18)19)8-11(13)22-15(23)12-9-26-14(21-12)4-5-20;/h2-3,8-9H,4-7,20H2,1H3,(H,22,23);1H. The van der Waals surface area contributed by atoms with Gasteiger partial charge in [0.2, 0.25) is 0 Å². The van der Waals surface area contributed by atoms with E-state index in [1.807, 2.05) is 0 Å². The van der Waals surface area contributed by atoms with Crippen molar-refractivity contribution in [3.05, 3.63) is 39.8 Å². The molecule has 1 amide bonds. The lowest BCUT2D eigenvalue weighted by Crippen LogP contribution is -2.16. The molecular formula is C16H19ClF3N3O3S. The van der Waals surface area contributed by atoms with Gasteiger partial charge in [-0.05, 0) is 24.7 Å². The Hall–Kier alpha value is -1.88. The third-order valence-corrected chi connectivity index (χ3v) is 4.15. The second-order valence-electron chi connectivity index (χ2n) is 5.17. The highest BCUT2D eigenvalue weighted by molar-refractivity contribution is 7.09. The summed E-state index contributed by atoms with van der Waals surface area (Å²) >= 11 is 1.26. The molecule has 3 N–H and O–H groups in total. The van der Waals surface area contributed by atoms with Crippen molar-refractivity contribution in [3.63, 3.8) is 0 Å². The number of hydrogen-bond acceptors (Lipinski definition) is 6. The summed E-state index contributed by atoms with van der Waals surface area (Å²) in [4.78, 5) is 16.4. The van der Waals surface area contributed by atoms with Crippen molar-refractivity contribution in [2.75, 3.05) is 32.2 Å². The Morgan fingerprint density at radius 1 is 1.33 bits per heavy atom. The molecule has 1 aromatic heterocycles. The van der Waals surface area contributed by atoms with Crippen molar-refractivity contribution in [1.82, 2.24) is 4.98 Å². The molecule has 6 nitrogen and oxygen atoms in total. The smallest absolute Gasteiger partial charge is 0.416 e. The number of benzene rings is 1. The zero-order chi connectivity index (χ0) is 19.2. The Morgan fingerprint density at radius 2 is 2.07 bits per heavy atom. The number of alkyl halides is 3. The minimum absolute atomic E-state index is 0. The van der Waals surface area contributed by atoms with E-state index in [0.29, 0.717) is 18.0 Å². The number of ether oxygens (including phenoxy) is 2. The molecule has 150 valence electrons. The quantitative estimate of drug-likeness (QED) is 0.633. The first-order valence-electron chi connectivity index (χ1n) is 7.64. The van der Waals surface area contributed by atoms with E-state index in [1.54, 1.807) is 0 Å². The molecule has 0 fully saturated rings. The van der Waals surface area contributed by atoms with Crippen LogP contribution in [-0.4, -0.2) is 37.8 Å². The molecule has 0 radical (unpaired) electrons. The first-order chi connectivity index (χ1) is 12.3. The first-order valence-corrected chi connectivity index (χ1v) is 8.52. The monoisotopic (exact) mass is 425 g/mol. The van der Waals surface area contributed by atoms with Gasteiger partial charge < -0.3 is 20.5 Å². The van der Waals surface area contributed by atoms with Crippen molar-refractivity contribution in [2.45, 2.75) is 12.6 Å². The Morgan fingerprint density at radius 3 is 2.70 bits per heavy atom. The maximum absolute atomic E-state index is 13.0. The fourth-order valence-electron chi connectivity index (χ4n) is 2.00. The van der Waals surface area contributed by atoms with Gasteiger partial charge in [0.1, 0.15) is 18.1 Å². The highest BCUT2D eigenvalue weighted by Gasteiger charge is 2.31. The number of nitrogens with one attached hydrogen (secondary N) is 1. The van der Waals surface area contributed by atoms with Gasteiger partial charge >= 0.3 is 6.18 Å². The first kappa shape index (κ1) is 23.2. The summed E-state index contributed by atoms with van der Waals surface area (Å²) in [5.41, 5.74) is 4.56. The Balaban J connectivity index is 0.00000364. The lowest BCUT2D eigenvalue weighted by Gasteiger charge is -2.15. The van der Waals surface area contributed by atoms with Crippen molar-refractivity contribution < 1.29 is 27.4 Å². The maximum atomic E-state index is 13.0. The predicted octanol–water partition coefficient (Wildman–Crippen LogP) is 3.36. The largest absolute Gasteiger partial charge is 0.489 e. The molecule has 1 heterocycles. The molecule has 0 atom stereocenters. The number of nitrogens with two attached hydrogens (primary N) is 1. The Kier molecular flexibility index (Phi) is 8.97. The molecule has 0 unspecified atom stereocenters. The number of nitrogens with zero attached hydrogens (tertiary/aromatic N) is 1. The SMILES string of the molecule is COCCOc1ccc(C(F)(F)F)cc1NC(=O)c1csc(CCN)n1.Cl. The van der Waals surface area contributed by atoms with Crippen LogP contribution in [0.5, 0.6) is 5.75 Å². The average Bonchev–Trinajstić information content (AvgIpc) is 3.04. The second-order valence-corrected chi connectivity index (χ2v) is 6.11. The molecule has 0 saturated carbocycles. The third kappa shape index (κ3) is 6.65. The number of hydrogen-bond donors (Lipinski definition) is 2. The number of halogens is 4. The van der Waals surface area contributed by atoms with E-state index in [9.17, 15) is 18.0 Å². The van der Waals surface area contributed by atoms with Gasteiger partial charge in [-0.25, -0.2) is 4.98 Å². The molecule has 0 aliphatic heterocycles. The van der Waals surface area contributed by atoms with Crippen LogP contribution in [0.3, 0.4) is 0 Å². The van der Waals surface area contributed by atoms with Crippen molar-refractivity contribution in [3.8, 4) is 5.75 Å². The molecule has 11 heteroatoms. The van der Waals surface area contributed by atoms with Crippen molar-refractivity contribution >= 4 is 35.3 Å². The van der Waals surface area contributed by atoms with Crippen LogP contribution in [0.1, 0.15) is 21.1 Å². The molecule has 27 heavy (non-hydrogen) atoms. The zero-order valence-corrected chi connectivity index (χ0v) is 16.0. The predicted molar refractivity (Wildman–Crippen MR) is 98.9 cm³/mol. The van der Waals surface area contributed by atoms with E-state index in [4.69, 9.17) is 15.2 Å². The number of thiazole rings is 1. The Labute approximate surface area is 164 Å². The minimum atomic E-state index is -4.54. The van der Waals surface area contributed by atoms with Crippen LogP contribution in [0.15, 0.2) is 23.6 Å². The van der Waals surface area contributed by atoms with Crippen LogP contribution in [0.2, 0.25) is 0 Å². The van der Waals surface area contributed by atoms with Crippen LogP contribution in [-0.2, 0) is 17.3 Å². The summed E-state index contributed by atoms with van der Waals surface area (Å²) < 4.78 is 49.1.